The van der Waals surface area contributed by atoms with Gasteiger partial charge in [-0.3, -0.25) is 0 Å². The van der Waals surface area contributed by atoms with Gasteiger partial charge in [0.1, 0.15) is 0 Å². The van der Waals surface area contributed by atoms with Crippen LogP contribution in [0.1, 0.15) is 73.7 Å². The highest BCUT2D eigenvalue weighted by atomic mass is 32.1. The van der Waals surface area contributed by atoms with Crippen LogP contribution in [0.15, 0.2) is 6.07 Å². The predicted molar refractivity (Wildman–Crippen MR) is 83.6 cm³/mol. The smallest absolute Gasteiger partial charge is 0.0331 e. The van der Waals surface area contributed by atoms with E-state index in [1.807, 2.05) is 11.3 Å². The Balaban J connectivity index is 2.56. The lowest BCUT2D eigenvalue weighted by Crippen LogP contribution is -2.22. The minimum absolute atomic E-state index is 0.576. The van der Waals surface area contributed by atoms with Crippen molar-refractivity contribution < 1.29 is 0 Å². The average molecular weight is 267 g/mol. The average Bonchev–Trinajstić information content (AvgIpc) is 2.68. The van der Waals surface area contributed by atoms with Gasteiger partial charge < -0.3 is 5.32 Å². The minimum Gasteiger partial charge on any atom is -0.310 e. The van der Waals surface area contributed by atoms with Gasteiger partial charge in [0.15, 0.2) is 0 Å². The fourth-order valence-corrected chi connectivity index (χ4v) is 3.45. The Morgan fingerprint density at radius 1 is 1.11 bits per heavy atom. The first kappa shape index (κ1) is 15.7. The molecule has 0 spiro atoms. The topological polar surface area (TPSA) is 12.0 Å². The molecule has 0 aliphatic carbocycles. The number of unbranched alkanes of at least 4 members (excludes halogenated alkanes) is 3. The molecule has 1 rings (SSSR count). The van der Waals surface area contributed by atoms with E-state index >= 15 is 0 Å². The fourth-order valence-electron chi connectivity index (χ4n) is 2.46. The molecule has 0 bridgehead atoms. The van der Waals surface area contributed by atoms with E-state index in [-0.39, 0.29) is 0 Å². The Bertz CT molecular complexity index is 330. The minimum atomic E-state index is 0.576. The Morgan fingerprint density at radius 3 is 2.44 bits per heavy atom. The summed E-state index contributed by atoms with van der Waals surface area (Å²) in [6.07, 6.45) is 7.93. The summed E-state index contributed by atoms with van der Waals surface area (Å²) < 4.78 is 0. The van der Waals surface area contributed by atoms with E-state index in [1.165, 1.54) is 48.3 Å². The lowest BCUT2D eigenvalue weighted by molar-refractivity contribution is 0.470. The van der Waals surface area contributed by atoms with Gasteiger partial charge in [-0.1, -0.05) is 39.5 Å². The predicted octanol–water partition coefficient (Wildman–Crippen LogP) is 5.38. The van der Waals surface area contributed by atoms with Crippen molar-refractivity contribution in [3.8, 4) is 0 Å². The van der Waals surface area contributed by atoms with Crippen LogP contribution in [0.5, 0.6) is 0 Å². The molecular weight excluding hydrogens is 238 g/mol. The second kappa shape index (κ2) is 8.71. The summed E-state index contributed by atoms with van der Waals surface area (Å²) in [5, 5.41) is 3.72. The molecule has 0 aliphatic rings. The fraction of sp³-hybridized carbons (Fsp3) is 0.750. The van der Waals surface area contributed by atoms with E-state index < -0.39 is 0 Å². The summed E-state index contributed by atoms with van der Waals surface area (Å²) in [5.41, 5.74) is 1.54. The number of thiophene rings is 1. The molecule has 0 aromatic carbocycles. The van der Waals surface area contributed by atoms with E-state index in [1.54, 1.807) is 5.56 Å². The lowest BCUT2D eigenvalue weighted by Gasteiger charge is -2.18. The van der Waals surface area contributed by atoms with Crippen LogP contribution in [0.3, 0.4) is 0 Å². The van der Waals surface area contributed by atoms with Crippen LogP contribution in [0.2, 0.25) is 0 Å². The highest BCUT2D eigenvalue weighted by Gasteiger charge is 2.14. The van der Waals surface area contributed by atoms with Gasteiger partial charge in [0, 0.05) is 15.8 Å². The second-order valence-electron chi connectivity index (χ2n) is 5.22. The molecule has 0 aliphatic heterocycles. The maximum atomic E-state index is 3.72. The molecule has 2 heteroatoms. The number of hydrogen-bond donors (Lipinski definition) is 1. The summed E-state index contributed by atoms with van der Waals surface area (Å²) >= 11 is 1.93. The monoisotopic (exact) mass is 267 g/mol. The molecule has 0 radical (unpaired) electrons. The molecule has 1 unspecified atom stereocenters. The highest BCUT2D eigenvalue weighted by Crippen LogP contribution is 2.29. The van der Waals surface area contributed by atoms with Crippen molar-refractivity contribution >= 4 is 11.3 Å². The first-order chi connectivity index (χ1) is 8.69. The van der Waals surface area contributed by atoms with Crippen LogP contribution in [-0.2, 0) is 0 Å². The van der Waals surface area contributed by atoms with Gasteiger partial charge in [-0.15, -0.1) is 11.3 Å². The van der Waals surface area contributed by atoms with Crippen molar-refractivity contribution in [2.75, 3.05) is 6.54 Å². The molecule has 104 valence electrons. The quantitative estimate of drug-likeness (QED) is 0.593. The maximum absolute atomic E-state index is 3.72. The van der Waals surface area contributed by atoms with Crippen molar-refractivity contribution in [3.63, 3.8) is 0 Å². The third-order valence-electron chi connectivity index (χ3n) is 3.44. The Morgan fingerprint density at radius 2 is 1.89 bits per heavy atom. The Kier molecular flexibility index (Phi) is 7.60. The first-order valence-electron chi connectivity index (χ1n) is 7.49. The largest absolute Gasteiger partial charge is 0.310 e. The van der Waals surface area contributed by atoms with Gasteiger partial charge >= 0.3 is 0 Å². The van der Waals surface area contributed by atoms with E-state index in [4.69, 9.17) is 0 Å². The van der Waals surface area contributed by atoms with E-state index in [0.29, 0.717) is 6.04 Å². The zero-order valence-electron chi connectivity index (χ0n) is 12.5. The molecule has 0 fully saturated rings. The second-order valence-corrected chi connectivity index (χ2v) is 6.69. The number of nitrogens with one attached hydrogen (secondary N) is 1. The number of aryl methyl sites for hydroxylation is 2. The molecule has 0 saturated heterocycles. The Labute approximate surface area is 117 Å². The number of rotatable bonds is 9. The van der Waals surface area contributed by atoms with Crippen LogP contribution >= 0.6 is 11.3 Å². The maximum Gasteiger partial charge on any atom is 0.0331 e. The first-order valence-corrected chi connectivity index (χ1v) is 8.31. The highest BCUT2D eigenvalue weighted by molar-refractivity contribution is 7.12. The molecule has 1 nitrogen and oxygen atoms in total. The van der Waals surface area contributed by atoms with Crippen molar-refractivity contribution in [2.45, 2.75) is 72.3 Å². The summed E-state index contributed by atoms with van der Waals surface area (Å²) in [7, 11) is 0. The molecule has 18 heavy (non-hydrogen) atoms. The standard InChI is InChI=1S/C16H29NS/c1-5-7-8-9-10-16(17-11-6-2)15-12-13(3)18-14(15)4/h12,16-17H,5-11H2,1-4H3. The van der Waals surface area contributed by atoms with Gasteiger partial charge in [-0.25, -0.2) is 0 Å². The third-order valence-corrected chi connectivity index (χ3v) is 4.42. The third kappa shape index (κ3) is 5.11. The molecule has 0 saturated carbocycles. The normalized spacial score (nSPS) is 12.9. The molecule has 0 amide bonds. The van der Waals surface area contributed by atoms with Crippen molar-refractivity contribution in [3.05, 3.63) is 21.4 Å². The van der Waals surface area contributed by atoms with Gasteiger partial charge in [0.05, 0.1) is 0 Å². The van der Waals surface area contributed by atoms with E-state index in [2.05, 4.69) is 39.1 Å². The molecule has 1 aromatic heterocycles. The van der Waals surface area contributed by atoms with Crippen LogP contribution in [0.25, 0.3) is 0 Å². The summed E-state index contributed by atoms with van der Waals surface area (Å²) in [6.45, 7) is 10.1. The summed E-state index contributed by atoms with van der Waals surface area (Å²) in [6, 6.07) is 2.96. The van der Waals surface area contributed by atoms with E-state index in [9.17, 15) is 0 Å². The van der Waals surface area contributed by atoms with Crippen LogP contribution < -0.4 is 5.32 Å². The molecular formula is C16H29NS. The van der Waals surface area contributed by atoms with E-state index in [0.717, 1.165) is 6.54 Å². The van der Waals surface area contributed by atoms with Gasteiger partial charge in [0.2, 0.25) is 0 Å². The zero-order chi connectivity index (χ0) is 13.4. The molecule has 1 heterocycles. The molecule has 1 N–H and O–H groups in total. The summed E-state index contributed by atoms with van der Waals surface area (Å²) in [4.78, 5) is 2.94. The zero-order valence-corrected chi connectivity index (χ0v) is 13.3. The van der Waals surface area contributed by atoms with Crippen LogP contribution in [-0.4, -0.2) is 6.54 Å². The number of hydrogen-bond acceptors (Lipinski definition) is 2. The van der Waals surface area contributed by atoms with Crippen molar-refractivity contribution in [2.24, 2.45) is 0 Å². The molecule has 1 aromatic rings. The summed E-state index contributed by atoms with van der Waals surface area (Å²) in [5.74, 6) is 0. The van der Waals surface area contributed by atoms with Gasteiger partial charge in [-0.2, -0.15) is 0 Å². The molecule has 1 atom stereocenters. The van der Waals surface area contributed by atoms with Crippen LogP contribution in [0.4, 0.5) is 0 Å². The van der Waals surface area contributed by atoms with Crippen LogP contribution in [0, 0.1) is 13.8 Å². The Hall–Kier alpha value is -0.340. The van der Waals surface area contributed by atoms with Crippen molar-refractivity contribution in [1.82, 2.24) is 5.32 Å². The van der Waals surface area contributed by atoms with Gasteiger partial charge in [-0.05, 0) is 44.9 Å². The lowest BCUT2D eigenvalue weighted by atomic mass is 10.00. The van der Waals surface area contributed by atoms with Crippen molar-refractivity contribution in [1.29, 1.82) is 0 Å². The SMILES string of the molecule is CCCCCCC(NCCC)c1cc(C)sc1C. The van der Waals surface area contributed by atoms with Gasteiger partial charge in [0.25, 0.3) is 0 Å².